The lowest BCUT2D eigenvalue weighted by Crippen LogP contribution is -2.27. The van der Waals surface area contributed by atoms with E-state index in [1.165, 1.54) is 4.90 Å². The Kier molecular flexibility index (Phi) is 3.12. The Morgan fingerprint density at radius 2 is 2.11 bits per heavy atom. The average Bonchev–Trinajstić information content (AvgIpc) is 2.81. The molecule has 1 aromatic heterocycles. The van der Waals surface area contributed by atoms with E-state index in [1.807, 2.05) is 26.8 Å². The maximum absolute atomic E-state index is 11.9. The van der Waals surface area contributed by atoms with E-state index in [9.17, 15) is 9.59 Å². The highest BCUT2D eigenvalue weighted by atomic mass is 16.4. The van der Waals surface area contributed by atoms with Crippen LogP contribution in [0.2, 0.25) is 0 Å². The predicted octanol–water partition coefficient (Wildman–Crippen LogP) is 1.16. The molecule has 104 valence electrons. The van der Waals surface area contributed by atoms with E-state index in [0.717, 1.165) is 5.69 Å². The van der Waals surface area contributed by atoms with E-state index >= 15 is 0 Å². The summed E-state index contributed by atoms with van der Waals surface area (Å²) in [5.41, 5.74) is 0.780. The second kappa shape index (κ2) is 4.36. The summed E-state index contributed by atoms with van der Waals surface area (Å²) in [4.78, 5) is 24.4. The zero-order valence-corrected chi connectivity index (χ0v) is 11.7. The second-order valence-corrected chi connectivity index (χ2v) is 6.01. The maximum Gasteiger partial charge on any atom is 0.308 e. The predicted molar refractivity (Wildman–Crippen MR) is 70.0 cm³/mol. The largest absolute Gasteiger partial charge is 0.481 e. The van der Waals surface area contributed by atoms with Gasteiger partial charge in [0.25, 0.3) is 0 Å². The molecule has 1 aromatic rings. The van der Waals surface area contributed by atoms with Crippen LogP contribution >= 0.6 is 0 Å². The summed E-state index contributed by atoms with van der Waals surface area (Å²) in [7, 11) is 1.77. The van der Waals surface area contributed by atoms with Crippen molar-refractivity contribution in [2.45, 2.75) is 32.6 Å². The normalized spacial score (nSPS) is 20.1. The van der Waals surface area contributed by atoms with E-state index < -0.39 is 11.9 Å². The number of rotatable bonds is 2. The van der Waals surface area contributed by atoms with Crippen molar-refractivity contribution in [3.05, 3.63) is 11.8 Å². The summed E-state index contributed by atoms with van der Waals surface area (Å²) >= 11 is 0. The van der Waals surface area contributed by atoms with Crippen molar-refractivity contribution in [2.24, 2.45) is 13.0 Å². The summed E-state index contributed by atoms with van der Waals surface area (Å²) in [6, 6.07) is 1.86. The van der Waals surface area contributed by atoms with Crippen LogP contribution in [-0.2, 0) is 22.1 Å². The van der Waals surface area contributed by atoms with Gasteiger partial charge >= 0.3 is 5.97 Å². The Morgan fingerprint density at radius 1 is 1.47 bits per heavy atom. The number of aryl methyl sites for hydroxylation is 1. The smallest absolute Gasteiger partial charge is 0.308 e. The van der Waals surface area contributed by atoms with Gasteiger partial charge in [-0.2, -0.15) is 5.10 Å². The molecule has 2 rings (SSSR count). The molecule has 1 aliphatic rings. The molecule has 1 aliphatic heterocycles. The van der Waals surface area contributed by atoms with Gasteiger partial charge in [-0.05, 0) is 0 Å². The number of carbonyl (C=O) groups is 2. The minimum Gasteiger partial charge on any atom is -0.481 e. The van der Waals surface area contributed by atoms with Gasteiger partial charge < -0.3 is 5.11 Å². The molecule has 0 saturated carbocycles. The molecular weight excluding hydrogens is 246 g/mol. The third kappa shape index (κ3) is 2.47. The Hall–Kier alpha value is -1.85. The summed E-state index contributed by atoms with van der Waals surface area (Å²) in [5.74, 6) is -1.04. The van der Waals surface area contributed by atoms with Crippen LogP contribution in [0.15, 0.2) is 6.07 Å². The molecule has 0 aliphatic carbocycles. The first-order valence-electron chi connectivity index (χ1n) is 6.28. The topological polar surface area (TPSA) is 75.4 Å². The first kappa shape index (κ1) is 13.6. The quantitative estimate of drug-likeness (QED) is 0.870. The number of carbonyl (C=O) groups excluding carboxylic acids is 1. The first-order valence-corrected chi connectivity index (χ1v) is 6.28. The number of carboxylic acids is 1. The lowest BCUT2D eigenvalue weighted by Gasteiger charge is -2.15. The zero-order valence-electron chi connectivity index (χ0n) is 11.7. The van der Waals surface area contributed by atoms with Crippen molar-refractivity contribution in [1.82, 2.24) is 9.78 Å². The minimum atomic E-state index is -0.922. The molecule has 1 fully saturated rings. The van der Waals surface area contributed by atoms with Gasteiger partial charge in [0.05, 0.1) is 11.6 Å². The van der Waals surface area contributed by atoms with E-state index in [1.54, 1.807) is 11.7 Å². The molecule has 0 bridgehead atoms. The number of nitrogens with zero attached hydrogens (tertiary/aromatic N) is 3. The van der Waals surface area contributed by atoms with Crippen LogP contribution in [0.3, 0.4) is 0 Å². The van der Waals surface area contributed by atoms with Crippen molar-refractivity contribution in [1.29, 1.82) is 0 Å². The Bertz CT molecular complexity index is 528. The van der Waals surface area contributed by atoms with Crippen LogP contribution in [0, 0.1) is 5.92 Å². The molecule has 6 nitrogen and oxygen atoms in total. The van der Waals surface area contributed by atoms with Gasteiger partial charge in [-0.25, -0.2) is 0 Å². The van der Waals surface area contributed by atoms with E-state index in [-0.39, 0.29) is 24.3 Å². The number of anilines is 1. The number of carboxylic acid groups (broad SMARTS) is 1. The van der Waals surface area contributed by atoms with Gasteiger partial charge in [-0.3, -0.25) is 19.2 Å². The van der Waals surface area contributed by atoms with E-state index in [4.69, 9.17) is 5.11 Å². The molecule has 1 unspecified atom stereocenters. The van der Waals surface area contributed by atoms with E-state index in [0.29, 0.717) is 5.82 Å². The Morgan fingerprint density at radius 3 is 2.53 bits per heavy atom. The van der Waals surface area contributed by atoms with Crippen LogP contribution in [0.1, 0.15) is 32.9 Å². The molecule has 0 radical (unpaired) electrons. The van der Waals surface area contributed by atoms with Crippen molar-refractivity contribution in [3.63, 3.8) is 0 Å². The maximum atomic E-state index is 11.9. The number of aliphatic carboxylic acids is 1. The van der Waals surface area contributed by atoms with Gasteiger partial charge in [-0.1, -0.05) is 20.8 Å². The summed E-state index contributed by atoms with van der Waals surface area (Å²) < 4.78 is 1.64. The first-order chi connectivity index (χ1) is 8.70. The van der Waals surface area contributed by atoms with Crippen molar-refractivity contribution in [3.8, 4) is 0 Å². The molecule has 0 spiro atoms. The molecule has 19 heavy (non-hydrogen) atoms. The highest BCUT2D eigenvalue weighted by Crippen LogP contribution is 2.29. The Balaban J connectivity index is 2.31. The molecular formula is C13H19N3O3. The molecule has 1 saturated heterocycles. The molecule has 1 amide bonds. The third-order valence-electron chi connectivity index (χ3n) is 3.37. The number of aromatic nitrogens is 2. The minimum absolute atomic E-state index is 0.0609. The van der Waals surface area contributed by atoms with Gasteiger partial charge in [0.1, 0.15) is 5.82 Å². The molecule has 2 heterocycles. The van der Waals surface area contributed by atoms with Gasteiger partial charge in [-0.15, -0.1) is 0 Å². The van der Waals surface area contributed by atoms with Crippen LogP contribution < -0.4 is 4.90 Å². The van der Waals surface area contributed by atoms with Crippen LogP contribution in [0.25, 0.3) is 0 Å². The third-order valence-corrected chi connectivity index (χ3v) is 3.37. The zero-order chi connectivity index (χ0) is 14.4. The van der Waals surface area contributed by atoms with Gasteiger partial charge in [0, 0.05) is 31.5 Å². The van der Waals surface area contributed by atoms with E-state index in [2.05, 4.69) is 5.10 Å². The Labute approximate surface area is 112 Å². The summed E-state index contributed by atoms with van der Waals surface area (Å²) in [5, 5.41) is 13.4. The van der Waals surface area contributed by atoms with Crippen LogP contribution in [-0.4, -0.2) is 33.3 Å². The lowest BCUT2D eigenvalue weighted by atomic mass is 9.92. The molecule has 1 N–H and O–H groups in total. The monoisotopic (exact) mass is 265 g/mol. The van der Waals surface area contributed by atoms with Gasteiger partial charge in [0.2, 0.25) is 5.91 Å². The van der Waals surface area contributed by atoms with Crippen molar-refractivity contribution < 1.29 is 14.7 Å². The standard InChI is InChI=1S/C13H19N3O3/c1-13(2,3)9-6-10(15(4)14-9)16-7-8(12(18)19)5-11(16)17/h6,8H,5,7H2,1-4H3,(H,18,19). The fourth-order valence-electron chi connectivity index (χ4n) is 2.17. The number of amides is 1. The lowest BCUT2D eigenvalue weighted by molar-refractivity contribution is -0.141. The number of hydrogen-bond donors (Lipinski definition) is 1. The van der Waals surface area contributed by atoms with Crippen molar-refractivity contribution >= 4 is 17.7 Å². The highest BCUT2D eigenvalue weighted by molar-refractivity contribution is 5.98. The molecule has 6 heteroatoms. The van der Waals surface area contributed by atoms with Crippen LogP contribution in [0.5, 0.6) is 0 Å². The average molecular weight is 265 g/mol. The highest BCUT2D eigenvalue weighted by Gasteiger charge is 2.37. The number of hydrogen-bond acceptors (Lipinski definition) is 3. The SMILES string of the molecule is Cn1nc(C(C)(C)C)cc1N1CC(C(=O)O)CC1=O. The second-order valence-electron chi connectivity index (χ2n) is 6.01. The summed E-state index contributed by atoms with van der Waals surface area (Å²) in [6.45, 7) is 6.36. The van der Waals surface area contributed by atoms with Crippen molar-refractivity contribution in [2.75, 3.05) is 11.4 Å². The van der Waals surface area contributed by atoms with Crippen LogP contribution in [0.4, 0.5) is 5.82 Å². The summed E-state index contributed by atoms with van der Waals surface area (Å²) in [6.07, 6.45) is 0.0609. The molecule has 1 atom stereocenters. The fraction of sp³-hybridized carbons (Fsp3) is 0.615. The fourth-order valence-corrected chi connectivity index (χ4v) is 2.17. The van der Waals surface area contributed by atoms with Gasteiger partial charge in [0.15, 0.2) is 0 Å². The molecule has 0 aromatic carbocycles.